The predicted molar refractivity (Wildman–Crippen MR) is 68.0 cm³/mol. The number of para-hydroxylation sites is 1. The van der Waals surface area contributed by atoms with Gasteiger partial charge >= 0.3 is 6.09 Å². The van der Waals surface area contributed by atoms with Gasteiger partial charge in [0.15, 0.2) is 0 Å². The highest BCUT2D eigenvalue weighted by Gasteiger charge is 2.24. The monoisotopic (exact) mass is 236 g/mol. The van der Waals surface area contributed by atoms with Gasteiger partial charge in [0.05, 0.1) is 0 Å². The molecule has 4 heteroatoms. The molecule has 0 saturated carbocycles. The van der Waals surface area contributed by atoms with Crippen LogP contribution in [0.15, 0.2) is 30.3 Å². The van der Waals surface area contributed by atoms with Crippen molar-refractivity contribution in [3.63, 3.8) is 0 Å². The molecule has 0 aliphatic heterocycles. The maximum atomic E-state index is 11.7. The lowest BCUT2D eigenvalue weighted by Crippen LogP contribution is -2.47. The first-order valence-electron chi connectivity index (χ1n) is 5.85. The third kappa shape index (κ3) is 4.44. The molecule has 1 aromatic rings. The Morgan fingerprint density at radius 1 is 1.41 bits per heavy atom. The van der Waals surface area contributed by atoms with Crippen molar-refractivity contribution in [3.05, 3.63) is 30.3 Å². The number of amides is 1. The van der Waals surface area contributed by atoms with E-state index < -0.39 is 6.09 Å². The lowest BCUT2D eigenvalue weighted by Gasteiger charge is -2.28. The molecule has 17 heavy (non-hydrogen) atoms. The Labute approximate surface area is 102 Å². The Morgan fingerprint density at radius 2 is 2.06 bits per heavy atom. The van der Waals surface area contributed by atoms with Crippen molar-refractivity contribution in [1.82, 2.24) is 5.32 Å². The molecular weight excluding hydrogens is 216 g/mol. The summed E-state index contributed by atoms with van der Waals surface area (Å²) in [4.78, 5) is 11.7. The summed E-state index contributed by atoms with van der Waals surface area (Å²) >= 11 is 0. The third-order valence-electron chi connectivity index (χ3n) is 2.83. The van der Waals surface area contributed by atoms with Gasteiger partial charge in [0, 0.05) is 5.54 Å². The number of ether oxygens (including phenoxy) is 1. The van der Waals surface area contributed by atoms with E-state index in [0.29, 0.717) is 12.3 Å². The zero-order valence-electron chi connectivity index (χ0n) is 10.4. The fourth-order valence-electron chi connectivity index (χ4n) is 1.51. The molecule has 1 aromatic carbocycles. The number of hydrogen-bond donors (Lipinski definition) is 2. The molecule has 0 aliphatic rings. The van der Waals surface area contributed by atoms with Gasteiger partial charge in [0.1, 0.15) is 5.75 Å². The maximum Gasteiger partial charge on any atom is 0.413 e. The van der Waals surface area contributed by atoms with Crippen LogP contribution in [-0.2, 0) is 0 Å². The SMILES string of the molecule is CCC(C)(CCN)NC(=O)Oc1ccccc1. The second kappa shape index (κ2) is 6.25. The van der Waals surface area contributed by atoms with Crippen LogP contribution in [0.25, 0.3) is 0 Å². The molecule has 0 spiro atoms. The van der Waals surface area contributed by atoms with E-state index in [9.17, 15) is 4.79 Å². The second-order valence-corrected chi connectivity index (χ2v) is 4.28. The minimum Gasteiger partial charge on any atom is -0.410 e. The molecule has 0 saturated heterocycles. The summed E-state index contributed by atoms with van der Waals surface area (Å²) in [5, 5.41) is 2.85. The van der Waals surface area contributed by atoms with Gasteiger partial charge in [0.2, 0.25) is 0 Å². The van der Waals surface area contributed by atoms with Gasteiger partial charge in [-0.25, -0.2) is 4.79 Å². The van der Waals surface area contributed by atoms with Crippen molar-refractivity contribution in [3.8, 4) is 5.75 Å². The highest BCUT2D eigenvalue weighted by Crippen LogP contribution is 2.15. The zero-order valence-corrected chi connectivity index (χ0v) is 10.4. The number of carbonyl (C=O) groups excluding carboxylic acids is 1. The molecular formula is C13H20N2O2. The van der Waals surface area contributed by atoms with E-state index in [1.807, 2.05) is 32.0 Å². The van der Waals surface area contributed by atoms with Gasteiger partial charge in [-0.05, 0) is 38.4 Å². The zero-order chi connectivity index (χ0) is 12.7. The minimum atomic E-state index is -0.436. The molecule has 1 rings (SSSR count). The highest BCUT2D eigenvalue weighted by molar-refractivity contribution is 5.71. The predicted octanol–water partition coefficient (Wildman–Crippen LogP) is 2.29. The number of nitrogens with two attached hydrogens (primary N) is 1. The van der Waals surface area contributed by atoms with Gasteiger partial charge in [-0.3, -0.25) is 0 Å². The van der Waals surface area contributed by atoms with Crippen LogP contribution >= 0.6 is 0 Å². The van der Waals surface area contributed by atoms with E-state index in [1.54, 1.807) is 12.1 Å². The standard InChI is InChI=1S/C13H20N2O2/c1-3-13(2,9-10-14)15-12(16)17-11-7-5-4-6-8-11/h4-8H,3,9-10,14H2,1-2H3,(H,15,16). The fraction of sp³-hybridized carbons (Fsp3) is 0.462. The van der Waals surface area contributed by atoms with E-state index in [1.165, 1.54) is 0 Å². The van der Waals surface area contributed by atoms with Crippen molar-refractivity contribution in [2.75, 3.05) is 6.54 Å². The van der Waals surface area contributed by atoms with Gasteiger partial charge in [-0.1, -0.05) is 25.1 Å². The number of rotatable bonds is 5. The first kappa shape index (κ1) is 13.5. The van der Waals surface area contributed by atoms with E-state index >= 15 is 0 Å². The van der Waals surface area contributed by atoms with Crippen LogP contribution in [0.3, 0.4) is 0 Å². The molecule has 0 bridgehead atoms. The first-order chi connectivity index (χ1) is 8.09. The van der Waals surface area contributed by atoms with Crippen molar-refractivity contribution in [2.45, 2.75) is 32.2 Å². The Balaban J connectivity index is 2.54. The van der Waals surface area contributed by atoms with Crippen LogP contribution in [-0.4, -0.2) is 18.2 Å². The summed E-state index contributed by atoms with van der Waals surface area (Å²) in [6, 6.07) is 9.00. The second-order valence-electron chi connectivity index (χ2n) is 4.28. The average molecular weight is 236 g/mol. The summed E-state index contributed by atoms with van der Waals surface area (Å²) in [5.41, 5.74) is 5.22. The molecule has 3 N–H and O–H groups in total. The Morgan fingerprint density at radius 3 is 2.59 bits per heavy atom. The topological polar surface area (TPSA) is 64.3 Å². The minimum absolute atomic E-state index is 0.305. The lowest BCUT2D eigenvalue weighted by molar-refractivity contribution is 0.183. The summed E-state index contributed by atoms with van der Waals surface area (Å²) in [6.07, 6.45) is 1.11. The number of carbonyl (C=O) groups is 1. The Hall–Kier alpha value is -1.55. The van der Waals surface area contributed by atoms with Gasteiger partial charge in [0.25, 0.3) is 0 Å². The summed E-state index contributed by atoms with van der Waals surface area (Å²) in [6.45, 7) is 4.51. The normalized spacial score (nSPS) is 13.8. The van der Waals surface area contributed by atoms with Crippen molar-refractivity contribution >= 4 is 6.09 Å². The van der Waals surface area contributed by atoms with E-state index in [-0.39, 0.29) is 5.54 Å². The number of nitrogens with one attached hydrogen (secondary N) is 1. The third-order valence-corrected chi connectivity index (χ3v) is 2.83. The van der Waals surface area contributed by atoms with Crippen molar-refractivity contribution < 1.29 is 9.53 Å². The molecule has 94 valence electrons. The summed E-state index contributed by atoms with van der Waals surface area (Å²) < 4.78 is 5.17. The van der Waals surface area contributed by atoms with E-state index in [2.05, 4.69) is 5.32 Å². The molecule has 0 radical (unpaired) electrons. The van der Waals surface area contributed by atoms with Crippen LogP contribution in [0.5, 0.6) is 5.75 Å². The summed E-state index contributed by atoms with van der Waals surface area (Å²) in [7, 11) is 0. The average Bonchev–Trinajstić information content (AvgIpc) is 2.30. The smallest absolute Gasteiger partial charge is 0.410 e. The fourth-order valence-corrected chi connectivity index (χ4v) is 1.51. The van der Waals surface area contributed by atoms with Crippen LogP contribution in [0.4, 0.5) is 4.79 Å². The highest BCUT2D eigenvalue weighted by atomic mass is 16.6. The first-order valence-corrected chi connectivity index (χ1v) is 5.85. The van der Waals surface area contributed by atoms with Gasteiger partial charge in [-0.15, -0.1) is 0 Å². The molecule has 0 fully saturated rings. The molecule has 0 heterocycles. The van der Waals surface area contributed by atoms with Crippen molar-refractivity contribution in [2.24, 2.45) is 5.73 Å². The van der Waals surface area contributed by atoms with Crippen molar-refractivity contribution in [1.29, 1.82) is 0 Å². The van der Waals surface area contributed by atoms with Crippen LogP contribution in [0.1, 0.15) is 26.7 Å². The van der Waals surface area contributed by atoms with Gasteiger partial charge < -0.3 is 15.8 Å². The van der Waals surface area contributed by atoms with E-state index in [0.717, 1.165) is 12.8 Å². The molecule has 1 atom stereocenters. The van der Waals surface area contributed by atoms with Crippen LogP contribution < -0.4 is 15.8 Å². The van der Waals surface area contributed by atoms with Gasteiger partial charge in [-0.2, -0.15) is 0 Å². The van der Waals surface area contributed by atoms with E-state index in [4.69, 9.17) is 10.5 Å². The largest absolute Gasteiger partial charge is 0.413 e. The quantitative estimate of drug-likeness (QED) is 0.824. The molecule has 0 aromatic heterocycles. The van der Waals surface area contributed by atoms with Crippen LogP contribution in [0.2, 0.25) is 0 Å². The Kier molecular flexibility index (Phi) is 4.97. The number of benzene rings is 1. The maximum absolute atomic E-state index is 11.7. The Bertz CT molecular complexity index is 354. The lowest BCUT2D eigenvalue weighted by atomic mass is 9.95. The summed E-state index contributed by atoms with van der Waals surface area (Å²) in [5.74, 6) is 0.538. The molecule has 1 amide bonds. The number of hydrogen-bond acceptors (Lipinski definition) is 3. The molecule has 0 aliphatic carbocycles. The van der Waals surface area contributed by atoms with Crippen LogP contribution in [0, 0.1) is 0 Å². The molecule has 1 unspecified atom stereocenters. The molecule has 4 nitrogen and oxygen atoms in total.